The highest BCUT2D eigenvalue weighted by Gasteiger charge is 2.35. The van der Waals surface area contributed by atoms with Gasteiger partial charge in [0, 0.05) is 10.9 Å². The molecule has 0 fully saturated rings. The van der Waals surface area contributed by atoms with Crippen molar-refractivity contribution in [1.29, 1.82) is 0 Å². The Kier molecular flexibility index (Phi) is 5.87. The molecule has 0 radical (unpaired) electrons. The van der Waals surface area contributed by atoms with Crippen LogP contribution in [0.3, 0.4) is 0 Å². The molecule has 0 aliphatic carbocycles. The minimum absolute atomic E-state index is 0.0210. The summed E-state index contributed by atoms with van der Waals surface area (Å²) in [5.74, 6) is -2.07. The predicted octanol–water partition coefficient (Wildman–Crippen LogP) is 3.53. The number of hydrogen-bond donors (Lipinski definition) is 0. The maximum Gasteiger partial charge on any atom is 0.573 e. The number of esters is 1. The molecule has 4 nitrogen and oxygen atoms in total. The summed E-state index contributed by atoms with van der Waals surface area (Å²) in [5.41, 5.74) is -1.51. The van der Waals surface area contributed by atoms with Crippen LogP contribution >= 0.6 is 15.9 Å². The Morgan fingerprint density at radius 1 is 1.43 bits per heavy atom. The molecule has 0 amide bonds. The number of pyridine rings is 1. The number of ether oxygens (including phenoxy) is 2. The molecule has 1 heterocycles. The van der Waals surface area contributed by atoms with Crippen LogP contribution in [0.2, 0.25) is 0 Å². The first-order valence-electron chi connectivity index (χ1n) is 5.37. The van der Waals surface area contributed by atoms with Crippen LogP contribution < -0.4 is 4.74 Å². The van der Waals surface area contributed by atoms with E-state index in [4.69, 9.17) is 0 Å². The number of alkyl halides is 6. The highest BCUT2D eigenvalue weighted by Crippen LogP contribution is 2.35. The van der Waals surface area contributed by atoms with Gasteiger partial charge in [0.15, 0.2) is 5.75 Å². The lowest BCUT2D eigenvalue weighted by atomic mass is 10.1. The van der Waals surface area contributed by atoms with E-state index in [2.05, 4.69) is 30.4 Å². The number of nitrogens with zero attached hydrogens (tertiary/aromatic N) is 1. The summed E-state index contributed by atoms with van der Waals surface area (Å²) in [6, 6.07) is 1.07. The quantitative estimate of drug-likeness (QED) is 0.447. The summed E-state index contributed by atoms with van der Waals surface area (Å²) in [7, 11) is 1.02. The zero-order chi connectivity index (χ0) is 16.2. The Morgan fingerprint density at radius 2 is 2.05 bits per heavy atom. The number of hydrogen-bond acceptors (Lipinski definition) is 4. The Bertz CT molecular complexity index is 521. The highest BCUT2D eigenvalue weighted by molar-refractivity contribution is 9.08. The molecule has 0 spiro atoms. The molecule has 0 aliphatic rings. The van der Waals surface area contributed by atoms with E-state index in [0.717, 1.165) is 13.2 Å². The second-order valence-electron chi connectivity index (χ2n) is 3.72. The molecular weight excluding hydrogens is 369 g/mol. The second-order valence-corrected chi connectivity index (χ2v) is 4.28. The Balaban J connectivity index is 3.40. The van der Waals surface area contributed by atoms with E-state index < -0.39 is 36.6 Å². The Morgan fingerprint density at radius 3 is 2.48 bits per heavy atom. The van der Waals surface area contributed by atoms with E-state index in [0.29, 0.717) is 0 Å². The maximum atomic E-state index is 12.9. The molecular formula is C11H9BrF5NO3. The first-order valence-corrected chi connectivity index (χ1v) is 6.49. The van der Waals surface area contributed by atoms with Crippen LogP contribution in [0.4, 0.5) is 22.0 Å². The topological polar surface area (TPSA) is 48.4 Å². The third-order valence-electron chi connectivity index (χ3n) is 2.25. The van der Waals surface area contributed by atoms with Gasteiger partial charge in [0.05, 0.1) is 19.2 Å². The average molecular weight is 378 g/mol. The molecule has 0 N–H and O–H groups in total. The summed E-state index contributed by atoms with van der Waals surface area (Å²) in [6.07, 6.45) is -9.13. The molecule has 1 rings (SSSR count). The molecule has 0 unspecified atom stereocenters. The van der Waals surface area contributed by atoms with Gasteiger partial charge in [0.2, 0.25) is 0 Å². The first kappa shape index (κ1) is 17.6. The molecule has 118 valence electrons. The standard InChI is InChI=1S/C11H9BrF5NO3/c1-20-7(19)3-5-2-6(4-12)18-8(10(13)14)9(5)21-11(15,16)17/h2,10H,3-4H2,1H3. The number of rotatable bonds is 5. The Labute approximate surface area is 124 Å². The van der Waals surface area contributed by atoms with E-state index in [1.807, 2.05) is 0 Å². The minimum atomic E-state index is -5.19. The van der Waals surface area contributed by atoms with Gasteiger partial charge in [-0.1, -0.05) is 15.9 Å². The molecule has 0 atom stereocenters. The van der Waals surface area contributed by atoms with E-state index in [1.54, 1.807) is 0 Å². The lowest BCUT2D eigenvalue weighted by Gasteiger charge is -2.17. The molecule has 0 saturated carbocycles. The van der Waals surface area contributed by atoms with Gasteiger partial charge in [-0.3, -0.25) is 4.79 Å². The van der Waals surface area contributed by atoms with Gasteiger partial charge in [-0.15, -0.1) is 13.2 Å². The van der Waals surface area contributed by atoms with Crippen molar-refractivity contribution in [3.63, 3.8) is 0 Å². The second kappa shape index (κ2) is 7.01. The van der Waals surface area contributed by atoms with Gasteiger partial charge >= 0.3 is 12.3 Å². The highest BCUT2D eigenvalue weighted by atomic mass is 79.9. The van der Waals surface area contributed by atoms with Crippen molar-refractivity contribution in [3.05, 3.63) is 23.0 Å². The molecule has 1 aromatic rings. The summed E-state index contributed by atoms with van der Waals surface area (Å²) >= 11 is 2.96. The number of carbonyl (C=O) groups excluding carboxylic acids is 1. The van der Waals surface area contributed by atoms with Crippen LogP contribution in [0, 0.1) is 0 Å². The Hall–Kier alpha value is -1.45. The van der Waals surface area contributed by atoms with Gasteiger partial charge in [0.25, 0.3) is 6.43 Å². The van der Waals surface area contributed by atoms with Crippen LogP contribution in [0.5, 0.6) is 5.75 Å². The summed E-state index contributed by atoms with van der Waals surface area (Å²) in [5, 5.41) is 0.0210. The number of aromatic nitrogens is 1. The fourth-order valence-corrected chi connectivity index (χ4v) is 1.77. The monoisotopic (exact) mass is 377 g/mol. The molecule has 10 heteroatoms. The smallest absolute Gasteiger partial charge is 0.469 e. The third kappa shape index (κ3) is 5.10. The molecule has 0 saturated heterocycles. The maximum absolute atomic E-state index is 12.9. The van der Waals surface area contributed by atoms with Crippen molar-refractivity contribution in [2.75, 3.05) is 7.11 Å². The average Bonchev–Trinajstić information content (AvgIpc) is 2.38. The molecule has 0 aromatic carbocycles. The van der Waals surface area contributed by atoms with Gasteiger partial charge in [-0.2, -0.15) is 0 Å². The van der Waals surface area contributed by atoms with Gasteiger partial charge in [-0.05, 0) is 6.07 Å². The van der Waals surface area contributed by atoms with E-state index in [9.17, 15) is 26.7 Å². The summed E-state index contributed by atoms with van der Waals surface area (Å²) in [6.45, 7) is 0. The van der Waals surface area contributed by atoms with Crippen molar-refractivity contribution in [2.45, 2.75) is 24.5 Å². The number of halogens is 6. The van der Waals surface area contributed by atoms with E-state index in [-0.39, 0.29) is 16.6 Å². The summed E-state index contributed by atoms with van der Waals surface area (Å²) in [4.78, 5) is 14.6. The van der Waals surface area contributed by atoms with Crippen LogP contribution in [-0.4, -0.2) is 24.4 Å². The van der Waals surface area contributed by atoms with Crippen molar-refractivity contribution in [3.8, 4) is 5.75 Å². The van der Waals surface area contributed by atoms with E-state index in [1.165, 1.54) is 0 Å². The fraction of sp³-hybridized carbons (Fsp3) is 0.455. The van der Waals surface area contributed by atoms with Crippen molar-refractivity contribution in [1.82, 2.24) is 4.98 Å². The minimum Gasteiger partial charge on any atom is -0.469 e. The first-order chi connectivity index (χ1) is 9.67. The van der Waals surface area contributed by atoms with Crippen LogP contribution in [0.15, 0.2) is 6.07 Å². The molecule has 1 aromatic heterocycles. The number of carbonyl (C=O) groups is 1. The molecule has 21 heavy (non-hydrogen) atoms. The van der Waals surface area contributed by atoms with Gasteiger partial charge < -0.3 is 9.47 Å². The summed E-state index contributed by atoms with van der Waals surface area (Å²) < 4.78 is 70.7. The van der Waals surface area contributed by atoms with Gasteiger partial charge in [-0.25, -0.2) is 13.8 Å². The SMILES string of the molecule is COC(=O)Cc1cc(CBr)nc(C(F)F)c1OC(F)(F)F. The molecule has 0 aliphatic heterocycles. The number of methoxy groups -OCH3 is 1. The van der Waals surface area contributed by atoms with Crippen LogP contribution in [0.25, 0.3) is 0 Å². The predicted molar refractivity (Wildman–Crippen MR) is 64.2 cm³/mol. The van der Waals surface area contributed by atoms with Crippen molar-refractivity contribution >= 4 is 21.9 Å². The zero-order valence-corrected chi connectivity index (χ0v) is 12.1. The fourth-order valence-electron chi connectivity index (χ4n) is 1.48. The van der Waals surface area contributed by atoms with Crippen molar-refractivity contribution < 1.29 is 36.2 Å². The molecule has 0 bridgehead atoms. The zero-order valence-electron chi connectivity index (χ0n) is 10.5. The lowest BCUT2D eigenvalue weighted by Crippen LogP contribution is -2.21. The largest absolute Gasteiger partial charge is 0.573 e. The van der Waals surface area contributed by atoms with Crippen LogP contribution in [-0.2, 0) is 21.3 Å². The van der Waals surface area contributed by atoms with Gasteiger partial charge in [0.1, 0.15) is 5.69 Å². The normalized spacial score (nSPS) is 11.6. The lowest BCUT2D eigenvalue weighted by molar-refractivity contribution is -0.275. The van der Waals surface area contributed by atoms with E-state index >= 15 is 0 Å². The van der Waals surface area contributed by atoms with Crippen molar-refractivity contribution in [2.24, 2.45) is 0 Å². The van der Waals surface area contributed by atoms with Crippen LogP contribution in [0.1, 0.15) is 23.4 Å². The third-order valence-corrected chi connectivity index (χ3v) is 2.83.